The van der Waals surface area contributed by atoms with Gasteiger partial charge in [-0.05, 0) is 72.9 Å². The van der Waals surface area contributed by atoms with Crippen LogP contribution in [0.25, 0.3) is 4.85 Å². The number of benzene rings is 1. The molecule has 0 saturated carbocycles. The van der Waals surface area contributed by atoms with E-state index in [9.17, 15) is 0 Å². The Labute approximate surface area is 152 Å². The molecule has 0 aliphatic rings. The highest BCUT2D eigenvalue weighted by Gasteiger charge is 2.04. The van der Waals surface area contributed by atoms with Crippen LogP contribution in [0.3, 0.4) is 0 Å². The first kappa shape index (κ1) is 19.6. The van der Waals surface area contributed by atoms with Crippen LogP contribution in [0.4, 0.5) is 0 Å². The molecule has 23 heavy (non-hydrogen) atoms. The number of unbranched alkanes of at least 4 members (excludes halogenated alkanes) is 5. The fourth-order valence-electron chi connectivity index (χ4n) is 2.01. The van der Waals surface area contributed by atoms with Crippen LogP contribution in [0, 0.1) is 21.5 Å². The molecule has 0 saturated heterocycles. The van der Waals surface area contributed by atoms with Gasteiger partial charge in [-0.2, -0.15) is 5.26 Å². The van der Waals surface area contributed by atoms with Crippen molar-refractivity contribution < 1.29 is 9.47 Å². The SMILES string of the molecule is [C-]#[N+]CCCCCOc1ccc(OCCCCCC#N)c(I)c1. The molecule has 0 spiro atoms. The normalized spacial score (nSPS) is 9.87. The monoisotopic (exact) mass is 426 g/mol. The summed E-state index contributed by atoms with van der Waals surface area (Å²) < 4.78 is 12.5. The van der Waals surface area contributed by atoms with Gasteiger partial charge in [-0.25, -0.2) is 6.57 Å². The molecule has 1 aromatic rings. The molecule has 0 heterocycles. The fourth-order valence-corrected chi connectivity index (χ4v) is 2.66. The van der Waals surface area contributed by atoms with Crippen molar-refractivity contribution >= 4 is 22.6 Å². The van der Waals surface area contributed by atoms with E-state index in [2.05, 4.69) is 33.5 Å². The average Bonchev–Trinajstić information content (AvgIpc) is 2.55. The van der Waals surface area contributed by atoms with Gasteiger partial charge in [-0.1, -0.05) is 0 Å². The highest BCUT2D eigenvalue weighted by Crippen LogP contribution is 2.26. The highest BCUT2D eigenvalue weighted by molar-refractivity contribution is 14.1. The highest BCUT2D eigenvalue weighted by atomic mass is 127. The average molecular weight is 426 g/mol. The van der Waals surface area contributed by atoms with Crippen molar-refractivity contribution in [2.24, 2.45) is 0 Å². The largest absolute Gasteiger partial charge is 0.494 e. The maximum atomic E-state index is 8.47. The van der Waals surface area contributed by atoms with Crippen molar-refractivity contribution in [3.63, 3.8) is 0 Å². The molecule has 0 aliphatic heterocycles. The van der Waals surface area contributed by atoms with Gasteiger partial charge in [0.1, 0.15) is 11.5 Å². The first-order valence-corrected chi connectivity index (χ1v) is 9.11. The standard InChI is InChI=1S/C18H23IN2O2/c1-21-12-6-4-8-13-22-16-9-10-18(17(19)15-16)23-14-7-3-2-5-11-20/h9-10,15H,2-8,12-14H2. The Morgan fingerprint density at radius 3 is 2.48 bits per heavy atom. The van der Waals surface area contributed by atoms with Crippen LogP contribution in [0.5, 0.6) is 11.5 Å². The summed E-state index contributed by atoms with van der Waals surface area (Å²) in [5.41, 5.74) is 0. The maximum absolute atomic E-state index is 8.47. The van der Waals surface area contributed by atoms with E-state index >= 15 is 0 Å². The molecule has 4 nitrogen and oxygen atoms in total. The van der Waals surface area contributed by atoms with Crippen molar-refractivity contribution in [1.82, 2.24) is 0 Å². The van der Waals surface area contributed by atoms with Crippen LogP contribution in [-0.2, 0) is 0 Å². The third-order valence-electron chi connectivity index (χ3n) is 3.28. The lowest BCUT2D eigenvalue weighted by Crippen LogP contribution is -2.01. The van der Waals surface area contributed by atoms with Gasteiger partial charge >= 0.3 is 0 Å². The van der Waals surface area contributed by atoms with E-state index in [0.717, 1.165) is 53.6 Å². The molecular weight excluding hydrogens is 403 g/mol. The van der Waals surface area contributed by atoms with Gasteiger partial charge in [0.25, 0.3) is 0 Å². The lowest BCUT2D eigenvalue weighted by molar-refractivity contribution is 0.296. The Morgan fingerprint density at radius 2 is 1.78 bits per heavy atom. The zero-order chi connectivity index (χ0) is 16.8. The number of rotatable bonds is 12. The number of halogens is 1. The molecule has 1 rings (SSSR count). The molecule has 0 bridgehead atoms. The Hall–Kier alpha value is -1.47. The minimum absolute atomic E-state index is 0.612. The number of hydrogen-bond donors (Lipinski definition) is 0. The summed E-state index contributed by atoms with van der Waals surface area (Å²) in [4.78, 5) is 3.34. The molecule has 0 N–H and O–H groups in total. The Kier molecular flexibility index (Phi) is 11.1. The summed E-state index contributed by atoms with van der Waals surface area (Å²) in [5, 5.41) is 8.47. The molecule has 0 fully saturated rings. The molecule has 0 amide bonds. The molecule has 124 valence electrons. The van der Waals surface area contributed by atoms with E-state index in [1.54, 1.807) is 0 Å². The summed E-state index contributed by atoms with van der Waals surface area (Å²) >= 11 is 2.26. The summed E-state index contributed by atoms with van der Waals surface area (Å²) in [7, 11) is 0. The quantitative estimate of drug-likeness (QED) is 0.262. The van der Waals surface area contributed by atoms with Crippen molar-refractivity contribution in [3.05, 3.63) is 33.2 Å². The number of hydrogen-bond acceptors (Lipinski definition) is 3. The maximum Gasteiger partial charge on any atom is 0.214 e. The molecule has 0 aliphatic carbocycles. The Balaban J connectivity index is 2.23. The molecule has 0 aromatic heterocycles. The van der Waals surface area contributed by atoms with Crippen LogP contribution < -0.4 is 9.47 Å². The van der Waals surface area contributed by atoms with Crippen LogP contribution in [0.1, 0.15) is 44.9 Å². The van der Waals surface area contributed by atoms with Crippen LogP contribution in [0.15, 0.2) is 18.2 Å². The number of nitrogens with zero attached hydrogens (tertiary/aromatic N) is 2. The molecule has 5 heteroatoms. The van der Waals surface area contributed by atoms with Crippen molar-refractivity contribution in [2.75, 3.05) is 19.8 Å². The van der Waals surface area contributed by atoms with Crippen LogP contribution in [0.2, 0.25) is 0 Å². The van der Waals surface area contributed by atoms with E-state index in [4.69, 9.17) is 21.3 Å². The van der Waals surface area contributed by atoms with E-state index < -0.39 is 0 Å². The third kappa shape index (κ3) is 9.30. The minimum Gasteiger partial charge on any atom is -0.494 e. The first-order chi connectivity index (χ1) is 11.3. The van der Waals surface area contributed by atoms with Gasteiger partial charge in [0.05, 0.1) is 22.9 Å². The molecule has 0 unspecified atom stereocenters. The van der Waals surface area contributed by atoms with Gasteiger partial charge in [-0.3, -0.25) is 0 Å². The zero-order valence-corrected chi connectivity index (χ0v) is 15.5. The predicted octanol–water partition coefficient (Wildman–Crippen LogP) is 5.22. The lowest BCUT2D eigenvalue weighted by Gasteiger charge is -2.10. The summed E-state index contributed by atoms with van der Waals surface area (Å²) in [6.45, 7) is 8.70. The second-order valence-corrected chi connectivity index (χ2v) is 6.36. The topological polar surface area (TPSA) is 46.6 Å². The molecule has 0 radical (unpaired) electrons. The number of ether oxygens (including phenoxy) is 2. The van der Waals surface area contributed by atoms with Gasteiger partial charge in [0.15, 0.2) is 0 Å². The first-order valence-electron chi connectivity index (χ1n) is 8.03. The Bertz CT molecular complexity index is 535. The number of nitriles is 1. The van der Waals surface area contributed by atoms with Crippen molar-refractivity contribution in [3.8, 4) is 17.6 Å². The zero-order valence-electron chi connectivity index (χ0n) is 13.4. The van der Waals surface area contributed by atoms with E-state index in [1.807, 2.05) is 18.2 Å². The summed E-state index contributed by atoms with van der Waals surface area (Å²) in [6, 6.07) is 8.03. The minimum atomic E-state index is 0.612. The van der Waals surface area contributed by atoms with Crippen molar-refractivity contribution in [2.45, 2.75) is 44.9 Å². The second kappa shape index (κ2) is 13.0. The van der Waals surface area contributed by atoms with E-state index in [0.29, 0.717) is 26.2 Å². The van der Waals surface area contributed by atoms with Crippen LogP contribution >= 0.6 is 22.6 Å². The smallest absolute Gasteiger partial charge is 0.214 e. The fraction of sp³-hybridized carbons (Fsp3) is 0.556. The van der Waals surface area contributed by atoms with E-state index in [1.165, 1.54) is 0 Å². The summed E-state index contributed by atoms with van der Waals surface area (Å²) in [5.74, 6) is 1.75. The Morgan fingerprint density at radius 1 is 1.04 bits per heavy atom. The van der Waals surface area contributed by atoms with Gasteiger partial charge in [-0.15, -0.1) is 0 Å². The predicted molar refractivity (Wildman–Crippen MR) is 99.6 cm³/mol. The van der Waals surface area contributed by atoms with Crippen molar-refractivity contribution in [1.29, 1.82) is 5.26 Å². The second-order valence-electron chi connectivity index (χ2n) is 5.20. The molecule has 1 aromatic carbocycles. The van der Waals surface area contributed by atoms with Gasteiger partial charge in [0, 0.05) is 12.8 Å². The third-order valence-corrected chi connectivity index (χ3v) is 4.12. The van der Waals surface area contributed by atoms with E-state index in [-0.39, 0.29) is 0 Å². The lowest BCUT2D eigenvalue weighted by atomic mass is 10.2. The van der Waals surface area contributed by atoms with Gasteiger partial charge < -0.3 is 14.3 Å². The summed E-state index contributed by atoms with van der Waals surface area (Å²) in [6.07, 6.45) is 6.53. The molecular formula is C18H23IN2O2. The molecule has 0 atom stereocenters. The van der Waals surface area contributed by atoms with Crippen LogP contribution in [-0.4, -0.2) is 19.8 Å². The van der Waals surface area contributed by atoms with Gasteiger partial charge in [0.2, 0.25) is 6.54 Å².